The van der Waals surface area contributed by atoms with Crippen LogP contribution in [0.2, 0.25) is 0 Å². The van der Waals surface area contributed by atoms with E-state index < -0.39 is 5.97 Å². The van der Waals surface area contributed by atoms with Gasteiger partial charge in [-0.2, -0.15) is 11.3 Å². The molecule has 1 aromatic heterocycles. The van der Waals surface area contributed by atoms with Crippen LogP contribution in [0.15, 0.2) is 41.1 Å². The first-order chi connectivity index (χ1) is 9.66. The highest BCUT2D eigenvalue weighted by Crippen LogP contribution is 2.25. The lowest BCUT2D eigenvalue weighted by Crippen LogP contribution is -2.03. The molecule has 0 spiro atoms. The Morgan fingerprint density at radius 2 is 2.25 bits per heavy atom. The van der Waals surface area contributed by atoms with Crippen molar-refractivity contribution in [1.29, 1.82) is 0 Å². The largest absolute Gasteiger partial charge is 0.492 e. The first kappa shape index (κ1) is 14.3. The summed E-state index contributed by atoms with van der Waals surface area (Å²) in [6.07, 6.45) is 3.54. The Hall–Kier alpha value is -2.07. The van der Waals surface area contributed by atoms with Crippen molar-refractivity contribution in [2.45, 2.75) is 13.3 Å². The zero-order valence-electron chi connectivity index (χ0n) is 11.2. The number of rotatable bonds is 6. The fourth-order valence-electron chi connectivity index (χ4n) is 1.87. The summed E-state index contributed by atoms with van der Waals surface area (Å²) in [6, 6.07) is 7.78. The number of benzene rings is 1. The molecule has 0 amide bonds. The minimum Gasteiger partial charge on any atom is -0.492 e. The number of aliphatic carboxylic acids is 1. The van der Waals surface area contributed by atoms with E-state index in [4.69, 9.17) is 9.84 Å². The smallest absolute Gasteiger partial charge is 0.328 e. The van der Waals surface area contributed by atoms with Crippen molar-refractivity contribution >= 4 is 23.4 Å². The van der Waals surface area contributed by atoms with Gasteiger partial charge in [0.2, 0.25) is 0 Å². The molecule has 1 N–H and O–H groups in total. The minimum absolute atomic E-state index is 0.579. The second-order valence-electron chi connectivity index (χ2n) is 4.39. The number of aryl methyl sites for hydroxylation is 1. The van der Waals surface area contributed by atoms with Crippen LogP contribution in [0.25, 0.3) is 6.08 Å². The van der Waals surface area contributed by atoms with E-state index in [0.717, 1.165) is 29.4 Å². The first-order valence-electron chi connectivity index (χ1n) is 6.31. The molecule has 0 aliphatic rings. The van der Waals surface area contributed by atoms with Gasteiger partial charge >= 0.3 is 5.97 Å². The number of carboxylic acid groups (broad SMARTS) is 1. The third kappa shape index (κ3) is 3.96. The summed E-state index contributed by atoms with van der Waals surface area (Å²) >= 11 is 1.67. The Kier molecular flexibility index (Phi) is 4.96. The molecule has 0 saturated carbocycles. The molecule has 4 heteroatoms. The van der Waals surface area contributed by atoms with Crippen LogP contribution >= 0.6 is 11.3 Å². The molecule has 1 aromatic carbocycles. The normalized spacial score (nSPS) is 10.8. The summed E-state index contributed by atoms with van der Waals surface area (Å²) in [6.45, 7) is 2.54. The molecule has 2 aromatic rings. The first-order valence-corrected chi connectivity index (χ1v) is 7.25. The topological polar surface area (TPSA) is 46.5 Å². The number of hydrogen-bond acceptors (Lipinski definition) is 3. The van der Waals surface area contributed by atoms with Crippen molar-refractivity contribution in [3.8, 4) is 5.75 Å². The van der Waals surface area contributed by atoms with Gasteiger partial charge in [-0.15, -0.1) is 0 Å². The van der Waals surface area contributed by atoms with E-state index in [1.807, 2.05) is 30.5 Å². The highest BCUT2D eigenvalue weighted by atomic mass is 32.1. The molecule has 3 nitrogen and oxygen atoms in total. The number of carboxylic acids is 1. The van der Waals surface area contributed by atoms with E-state index in [2.05, 4.69) is 11.4 Å². The molecule has 0 bridgehead atoms. The van der Waals surface area contributed by atoms with Crippen LogP contribution in [0, 0.1) is 6.92 Å². The summed E-state index contributed by atoms with van der Waals surface area (Å²) in [5.41, 5.74) is 3.05. The van der Waals surface area contributed by atoms with Crippen molar-refractivity contribution in [3.05, 3.63) is 57.8 Å². The van der Waals surface area contributed by atoms with Crippen molar-refractivity contribution in [2.24, 2.45) is 0 Å². The van der Waals surface area contributed by atoms with E-state index in [1.54, 1.807) is 17.4 Å². The Bertz CT molecular complexity index is 600. The van der Waals surface area contributed by atoms with Gasteiger partial charge in [0.15, 0.2) is 0 Å². The molecule has 0 aliphatic heterocycles. The predicted molar refractivity (Wildman–Crippen MR) is 81.4 cm³/mol. The molecule has 1 heterocycles. The summed E-state index contributed by atoms with van der Waals surface area (Å²) < 4.78 is 5.83. The molecule has 2 rings (SSSR count). The van der Waals surface area contributed by atoms with Crippen LogP contribution in [0.5, 0.6) is 5.75 Å². The molecule has 0 fully saturated rings. The molecular formula is C16H16O3S. The van der Waals surface area contributed by atoms with E-state index in [-0.39, 0.29) is 0 Å². The molecule has 0 atom stereocenters. The SMILES string of the molecule is Cc1cccc(/C=C/C(=O)O)c1OCCc1ccsc1. The molecule has 20 heavy (non-hydrogen) atoms. The van der Waals surface area contributed by atoms with Crippen molar-refractivity contribution in [3.63, 3.8) is 0 Å². The van der Waals surface area contributed by atoms with Crippen LogP contribution in [0.3, 0.4) is 0 Å². The van der Waals surface area contributed by atoms with Gasteiger partial charge in [0, 0.05) is 18.1 Å². The van der Waals surface area contributed by atoms with Gasteiger partial charge in [-0.1, -0.05) is 18.2 Å². The predicted octanol–water partition coefficient (Wildman–Crippen LogP) is 3.78. The number of hydrogen-bond donors (Lipinski definition) is 1. The van der Waals surface area contributed by atoms with Crippen molar-refractivity contribution < 1.29 is 14.6 Å². The van der Waals surface area contributed by atoms with Gasteiger partial charge in [0.05, 0.1) is 6.61 Å². The highest BCUT2D eigenvalue weighted by molar-refractivity contribution is 7.07. The maximum atomic E-state index is 10.6. The van der Waals surface area contributed by atoms with Crippen LogP contribution in [0.4, 0.5) is 0 Å². The number of carbonyl (C=O) groups is 1. The lowest BCUT2D eigenvalue weighted by atomic mass is 10.1. The van der Waals surface area contributed by atoms with Crippen LogP contribution < -0.4 is 4.74 Å². The summed E-state index contributed by atoms with van der Waals surface area (Å²) in [4.78, 5) is 10.6. The van der Waals surface area contributed by atoms with Gasteiger partial charge in [-0.3, -0.25) is 0 Å². The minimum atomic E-state index is -0.962. The number of para-hydroxylation sites is 1. The Balaban J connectivity index is 2.07. The van der Waals surface area contributed by atoms with Crippen LogP contribution in [-0.2, 0) is 11.2 Å². The quantitative estimate of drug-likeness (QED) is 0.823. The van der Waals surface area contributed by atoms with Crippen molar-refractivity contribution in [2.75, 3.05) is 6.61 Å². The van der Waals surface area contributed by atoms with Crippen molar-refractivity contribution in [1.82, 2.24) is 0 Å². The van der Waals surface area contributed by atoms with Gasteiger partial charge in [0.1, 0.15) is 5.75 Å². The van der Waals surface area contributed by atoms with Gasteiger partial charge in [0.25, 0.3) is 0 Å². The molecule has 0 unspecified atom stereocenters. The van der Waals surface area contributed by atoms with Crippen LogP contribution in [-0.4, -0.2) is 17.7 Å². The van der Waals surface area contributed by atoms with E-state index in [0.29, 0.717) is 6.61 Å². The molecular weight excluding hydrogens is 272 g/mol. The Morgan fingerprint density at radius 1 is 1.40 bits per heavy atom. The van der Waals surface area contributed by atoms with Crippen LogP contribution in [0.1, 0.15) is 16.7 Å². The van der Waals surface area contributed by atoms with Gasteiger partial charge < -0.3 is 9.84 Å². The fraction of sp³-hybridized carbons (Fsp3) is 0.188. The third-order valence-corrected chi connectivity index (χ3v) is 3.60. The average Bonchev–Trinajstić information content (AvgIpc) is 2.92. The summed E-state index contributed by atoms with van der Waals surface area (Å²) in [7, 11) is 0. The molecule has 0 aliphatic carbocycles. The number of ether oxygens (including phenoxy) is 1. The third-order valence-electron chi connectivity index (χ3n) is 2.87. The Labute approximate surface area is 122 Å². The zero-order valence-corrected chi connectivity index (χ0v) is 12.0. The van der Waals surface area contributed by atoms with E-state index >= 15 is 0 Å². The second kappa shape index (κ2) is 6.91. The maximum Gasteiger partial charge on any atom is 0.328 e. The average molecular weight is 288 g/mol. The summed E-state index contributed by atoms with van der Waals surface area (Å²) in [5, 5.41) is 12.9. The van der Waals surface area contributed by atoms with Gasteiger partial charge in [-0.05, 0) is 41.0 Å². The zero-order chi connectivity index (χ0) is 14.4. The second-order valence-corrected chi connectivity index (χ2v) is 5.17. The monoisotopic (exact) mass is 288 g/mol. The molecule has 0 saturated heterocycles. The molecule has 0 radical (unpaired) electrons. The lowest BCUT2D eigenvalue weighted by Gasteiger charge is -2.11. The van der Waals surface area contributed by atoms with Gasteiger partial charge in [-0.25, -0.2) is 4.79 Å². The molecule has 104 valence electrons. The van der Waals surface area contributed by atoms with E-state index in [1.165, 1.54) is 5.56 Å². The lowest BCUT2D eigenvalue weighted by molar-refractivity contribution is -0.131. The standard InChI is InChI=1S/C16H16O3S/c1-12-3-2-4-14(5-6-15(17)18)16(12)19-9-7-13-8-10-20-11-13/h2-6,8,10-11H,7,9H2,1H3,(H,17,18)/b6-5+. The summed E-state index contributed by atoms with van der Waals surface area (Å²) in [5.74, 6) is -0.212. The Morgan fingerprint density at radius 3 is 2.95 bits per heavy atom. The highest BCUT2D eigenvalue weighted by Gasteiger charge is 2.05. The van der Waals surface area contributed by atoms with E-state index in [9.17, 15) is 4.79 Å². The maximum absolute atomic E-state index is 10.6. The fourth-order valence-corrected chi connectivity index (χ4v) is 2.57. The number of thiophene rings is 1.